The second-order valence-corrected chi connectivity index (χ2v) is 19.3. The second kappa shape index (κ2) is 17.5. The lowest BCUT2D eigenvalue weighted by molar-refractivity contribution is -0.137. The molecule has 2 spiro atoms. The zero-order chi connectivity index (χ0) is 46.8. The third kappa shape index (κ3) is 7.48. The van der Waals surface area contributed by atoms with E-state index in [2.05, 4.69) is 27.3 Å². The Balaban J connectivity index is 0.852. The maximum absolute atomic E-state index is 16.4. The molecule has 6 amide bonds. The molecule has 6 aliphatic rings. The van der Waals surface area contributed by atoms with E-state index >= 15 is 4.39 Å². The summed E-state index contributed by atoms with van der Waals surface area (Å²) < 4.78 is 22.2. The van der Waals surface area contributed by atoms with Gasteiger partial charge >= 0.3 is 0 Å². The number of imide groups is 1. The predicted octanol–water partition coefficient (Wildman–Crippen LogP) is 7.75. The van der Waals surface area contributed by atoms with Crippen molar-refractivity contribution < 1.29 is 37.9 Å². The van der Waals surface area contributed by atoms with E-state index in [1.807, 2.05) is 24.3 Å². The van der Waals surface area contributed by atoms with Crippen molar-refractivity contribution >= 4 is 76.1 Å². The molecule has 0 bridgehead atoms. The summed E-state index contributed by atoms with van der Waals surface area (Å²) in [7, 11) is 1.45. The van der Waals surface area contributed by atoms with Crippen molar-refractivity contribution in [1.82, 2.24) is 20.4 Å². The molecule has 0 radical (unpaired) electrons. The van der Waals surface area contributed by atoms with Crippen molar-refractivity contribution in [2.24, 2.45) is 5.92 Å². The number of nitrogens with zero attached hydrogens (tertiary/aromatic N) is 2. The molecule has 3 saturated heterocycles. The number of nitrogens with one attached hydrogen (secondary N) is 4. The van der Waals surface area contributed by atoms with Gasteiger partial charge in [-0.3, -0.25) is 39.4 Å². The fourth-order valence-corrected chi connectivity index (χ4v) is 12.2. The zero-order valence-corrected chi connectivity index (χ0v) is 38.3. The Hall–Kier alpha value is -6.09. The molecule has 1 saturated carbocycles. The molecule has 4 fully saturated rings. The number of allylic oxidation sites excluding steroid dienone is 1. The standard InChI is InChI=1S/C51H49Cl2FN6O7/c1-67-40-25-30(47(64)59-23-19-28(20-24-59)11-12-29-7-5-8-32-34(29)27-60(48(32)65)39-17-18-41(61)57-45(39)62)13-16-37(40)55-46(63)44-42(33-9-6-10-36(53)43(33)54)51(50(58-44)21-3-2-4-22-50)35-15-14-31(52)26-38(35)56-49(51)66/h5-16,25-26,28,39,42,44,58H,2-4,17-24,27H2,1H3,(H,55,63)(H,56,66)(H,57,61,62)/b12-11-/t39?,42-,44+,51+/m0/s1. The summed E-state index contributed by atoms with van der Waals surface area (Å²) in [5, 5.41) is 12.4. The van der Waals surface area contributed by atoms with Crippen molar-refractivity contribution in [2.45, 2.75) is 93.3 Å². The number of anilines is 2. The Morgan fingerprint density at radius 3 is 2.45 bits per heavy atom. The number of methoxy groups -OCH3 is 1. The number of hydrogen-bond donors (Lipinski definition) is 4. The Kier molecular flexibility index (Phi) is 11.7. The third-order valence-corrected chi connectivity index (χ3v) is 15.5. The van der Waals surface area contributed by atoms with Crippen LogP contribution in [0.15, 0.2) is 78.9 Å². The molecule has 1 unspecified atom stereocenters. The van der Waals surface area contributed by atoms with Gasteiger partial charge in [0.1, 0.15) is 23.0 Å². The van der Waals surface area contributed by atoms with Crippen LogP contribution in [0.5, 0.6) is 5.75 Å². The fourth-order valence-electron chi connectivity index (χ4n) is 11.8. The van der Waals surface area contributed by atoms with Crippen LogP contribution >= 0.6 is 23.2 Å². The maximum Gasteiger partial charge on any atom is 0.255 e. The van der Waals surface area contributed by atoms with E-state index in [1.54, 1.807) is 58.3 Å². The molecular weight excluding hydrogens is 898 g/mol. The number of benzene rings is 4. The van der Waals surface area contributed by atoms with Gasteiger partial charge in [-0.05, 0) is 103 Å². The van der Waals surface area contributed by atoms with Gasteiger partial charge in [0, 0.05) is 59.3 Å². The minimum atomic E-state index is -1.40. The predicted molar refractivity (Wildman–Crippen MR) is 250 cm³/mol. The molecule has 4 aromatic carbocycles. The van der Waals surface area contributed by atoms with Crippen LogP contribution in [-0.4, -0.2) is 83.1 Å². The van der Waals surface area contributed by atoms with Crippen LogP contribution in [0.25, 0.3) is 6.08 Å². The first kappa shape index (κ1) is 44.7. The van der Waals surface area contributed by atoms with Crippen LogP contribution in [0.2, 0.25) is 10.0 Å². The van der Waals surface area contributed by atoms with Crippen molar-refractivity contribution in [3.63, 3.8) is 0 Å². The van der Waals surface area contributed by atoms with Crippen molar-refractivity contribution in [1.29, 1.82) is 0 Å². The number of halogens is 3. The molecule has 0 aromatic heterocycles. The number of hydrogen-bond acceptors (Lipinski definition) is 8. The summed E-state index contributed by atoms with van der Waals surface area (Å²) in [5.74, 6) is -3.32. The first-order valence-corrected chi connectivity index (χ1v) is 23.6. The highest BCUT2D eigenvalue weighted by atomic mass is 35.5. The molecule has 4 N–H and O–H groups in total. The molecule has 67 heavy (non-hydrogen) atoms. The topological polar surface area (TPSA) is 166 Å². The van der Waals surface area contributed by atoms with E-state index in [9.17, 15) is 28.8 Å². The van der Waals surface area contributed by atoms with E-state index in [0.717, 1.165) is 30.4 Å². The van der Waals surface area contributed by atoms with Crippen molar-refractivity contribution in [3.8, 4) is 5.75 Å². The Morgan fingerprint density at radius 2 is 1.69 bits per heavy atom. The molecule has 5 heterocycles. The van der Waals surface area contributed by atoms with Gasteiger partial charge in [0.15, 0.2) is 0 Å². The highest BCUT2D eigenvalue weighted by Crippen LogP contribution is 2.63. The summed E-state index contributed by atoms with van der Waals surface area (Å²) in [6.45, 7) is 1.29. The Morgan fingerprint density at radius 1 is 0.910 bits per heavy atom. The molecule has 13 nitrogen and oxygen atoms in total. The summed E-state index contributed by atoms with van der Waals surface area (Å²) in [6.07, 6.45) is 9.74. The van der Waals surface area contributed by atoms with Gasteiger partial charge < -0.3 is 25.2 Å². The average molecular weight is 948 g/mol. The largest absolute Gasteiger partial charge is 0.495 e. The van der Waals surface area contributed by atoms with Gasteiger partial charge in [-0.15, -0.1) is 0 Å². The molecular formula is C51H49Cl2FN6O7. The quantitative estimate of drug-likeness (QED) is 0.130. The smallest absolute Gasteiger partial charge is 0.255 e. The van der Waals surface area contributed by atoms with Gasteiger partial charge in [0.05, 0.1) is 23.9 Å². The number of carbonyl (C=O) groups excluding carboxylic acids is 6. The van der Waals surface area contributed by atoms with E-state index in [-0.39, 0.29) is 58.8 Å². The average Bonchev–Trinajstić information content (AvgIpc) is 3.92. The van der Waals surface area contributed by atoms with E-state index in [1.165, 1.54) is 13.2 Å². The van der Waals surface area contributed by atoms with E-state index in [0.29, 0.717) is 78.3 Å². The number of likely N-dealkylation sites (tertiary alicyclic amines) is 1. The number of carbonyl (C=O) groups is 6. The monoisotopic (exact) mass is 946 g/mol. The second-order valence-electron chi connectivity index (χ2n) is 18.5. The van der Waals surface area contributed by atoms with Crippen LogP contribution in [-0.2, 0) is 31.1 Å². The van der Waals surface area contributed by atoms with Crippen LogP contribution in [0.3, 0.4) is 0 Å². The molecule has 10 rings (SSSR count). The van der Waals surface area contributed by atoms with Crippen LogP contribution < -0.4 is 26.0 Å². The molecule has 5 aliphatic heterocycles. The summed E-state index contributed by atoms with van der Waals surface area (Å²) in [6, 6.07) is 18.5. The van der Waals surface area contributed by atoms with Gasteiger partial charge in [-0.25, -0.2) is 4.39 Å². The molecule has 16 heteroatoms. The first-order chi connectivity index (χ1) is 32.3. The lowest BCUT2D eigenvalue weighted by Gasteiger charge is -2.47. The van der Waals surface area contributed by atoms with E-state index < -0.39 is 46.6 Å². The van der Waals surface area contributed by atoms with Crippen molar-refractivity contribution in [2.75, 3.05) is 30.8 Å². The van der Waals surface area contributed by atoms with Crippen molar-refractivity contribution in [3.05, 3.63) is 128 Å². The summed E-state index contributed by atoms with van der Waals surface area (Å²) in [4.78, 5) is 84.5. The number of amides is 6. The van der Waals surface area contributed by atoms with Gasteiger partial charge in [-0.2, -0.15) is 0 Å². The Bertz CT molecular complexity index is 2790. The summed E-state index contributed by atoms with van der Waals surface area (Å²) in [5.41, 5.74) is 1.98. The summed E-state index contributed by atoms with van der Waals surface area (Å²) >= 11 is 12.8. The van der Waals surface area contributed by atoms with E-state index in [4.69, 9.17) is 27.9 Å². The minimum Gasteiger partial charge on any atom is -0.495 e. The molecule has 4 aromatic rings. The lowest BCUT2D eigenvalue weighted by Crippen LogP contribution is -2.60. The number of ether oxygens (including phenoxy) is 1. The third-order valence-electron chi connectivity index (χ3n) is 15.0. The number of rotatable bonds is 8. The lowest BCUT2D eigenvalue weighted by atomic mass is 9.55. The molecule has 4 atom stereocenters. The molecule has 1 aliphatic carbocycles. The number of piperidine rings is 2. The molecule has 346 valence electrons. The maximum atomic E-state index is 16.4. The highest BCUT2D eigenvalue weighted by Gasteiger charge is 2.72. The van der Waals surface area contributed by atoms with Gasteiger partial charge in [0.25, 0.3) is 11.8 Å². The zero-order valence-electron chi connectivity index (χ0n) is 36.8. The fraction of sp³-hybridized carbons (Fsp3) is 0.373. The van der Waals surface area contributed by atoms with Gasteiger partial charge in [-0.1, -0.05) is 84.9 Å². The van der Waals surface area contributed by atoms with Crippen LogP contribution in [0, 0.1) is 11.7 Å². The van der Waals surface area contributed by atoms with Gasteiger partial charge in [0.2, 0.25) is 23.6 Å². The number of fused-ring (bicyclic) bond motifs is 4. The van der Waals surface area contributed by atoms with Crippen LogP contribution in [0.1, 0.15) is 107 Å². The first-order valence-electron chi connectivity index (χ1n) is 22.9. The normalized spacial score (nSPS) is 24.6. The minimum absolute atomic E-state index is 0.121. The SMILES string of the molecule is COc1cc(C(=O)N2CCC(/C=C\c3cccc4c3CN(C3CCC(=O)NC3=O)C4=O)CC2)ccc1NC(=O)[C@@H]1NC2(CCCCC2)[C@@]2(C(=O)Nc3cc(Cl)ccc32)[C@H]1c1cccc(Cl)c1F. The Labute approximate surface area is 396 Å². The van der Waals surface area contributed by atoms with Crippen LogP contribution in [0.4, 0.5) is 15.8 Å². The highest BCUT2D eigenvalue weighted by molar-refractivity contribution is 6.31.